The second kappa shape index (κ2) is 7.77. The number of aryl methyl sites for hydroxylation is 2. The van der Waals surface area contributed by atoms with Crippen molar-refractivity contribution in [3.63, 3.8) is 0 Å². The van der Waals surface area contributed by atoms with Crippen LogP contribution in [0.5, 0.6) is 0 Å². The standard InChI is InChI=1S/C20H22N4/c1-3-9-17-19(15-11-5-7-13-21-15)24-18(10-4-2)20(23-17)16-12-6-8-14-22-16/h5-8,11-14H,3-4,9-10H2,1-2H3. The van der Waals surface area contributed by atoms with E-state index in [1.165, 1.54) is 0 Å². The molecule has 122 valence electrons. The Morgan fingerprint density at radius 3 is 1.46 bits per heavy atom. The van der Waals surface area contributed by atoms with Crippen LogP contribution in [0.3, 0.4) is 0 Å². The largest absolute Gasteiger partial charge is 0.255 e. The Morgan fingerprint density at radius 1 is 0.667 bits per heavy atom. The first-order valence-electron chi connectivity index (χ1n) is 8.56. The molecule has 0 atom stereocenters. The molecule has 3 heterocycles. The Balaban J connectivity index is 2.19. The molecular weight excluding hydrogens is 296 g/mol. The third-order valence-corrected chi connectivity index (χ3v) is 3.83. The van der Waals surface area contributed by atoms with E-state index in [4.69, 9.17) is 9.97 Å². The molecule has 0 saturated heterocycles. The van der Waals surface area contributed by atoms with Gasteiger partial charge >= 0.3 is 0 Å². The molecule has 0 amide bonds. The molecule has 4 heteroatoms. The fourth-order valence-electron chi connectivity index (χ4n) is 2.74. The lowest BCUT2D eigenvalue weighted by Crippen LogP contribution is -2.06. The van der Waals surface area contributed by atoms with Gasteiger partial charge in [0.2, 0.25) is 0 Å². The summed E-state index contributed by atoms with van der Waals surface area (Å²) in [6, 6.07) is 11.8. The number of pyridine rings is 2. The minimum absolute atomic E-state index is 0.880. The van der Waals surface area contributed by atoms with E-state index in [1.54, 1.807) is 12.4 Å². The molecule has 0 aliphatic rings. The Morgan fingerprint density at radius 2 is 1.12 bits per heavy atom. The maximum Gasteiger partial charge on any atom is 0.110 e. The molecule has 0 aliphatic heterocycles. The molecule has 0 saturated carbocycles. The van der Waals surface area contributed by atoms with E-state index in [1.807, 2.05) is 36.4 Å². The Bertz CT molecular complexity index is 716. The highest BCUT2D eigenvalue weighted by atomic mass is 14.9. The predicted octanol–water partition coefficient (Wildman–Crippen LogP) is 4.51. The zero-order chi connectivity index (χ0) is 16.8. The van der Waals surface area contributed by atoms with Gasteiger partial charge in [0.05, 0.1) is 22.8 Å². The van der Waals surface area contributed by atoms with Crippen molar-refractivity contribution in [2.75, 3.05) is 0 Å². The summed E-state index contributed by atoms with van der Waals surface area (Å²) < 4.78 is 0. The third kappa shape index (κ3) is 3.48. The van der Waals surface area contributed by atoms with Gasteiger partial charge < -0.3 is 0 Å². The van der Waals surface area contributed by atoms with Crippen LogP contribution in [-0.4, -0.2) is 19.9 Å². The lowest BCUT2D eigenvalue weighted by Gasteiger charge is -2.13. The van der Waals surface area contributed by atoms with E-state index < -0.39 is 0 Å². The number of hydrogen-bond acceptors (Lipinski definition) is 4. The number of nitrogens with zero attached hydrogens (tertiary/aromatic N) is 4. The highest BCUT2D eigenvalue weighted by Gasteiger charge is 2.16. The first-order chi connectivity index (χ1) is 11.8. The average molecular weight is 318 g/mol. The summed E-state index contributed by atoms with van der Waals surface area (Å²) in [5.74, 6) is 0. The summed E-state index contributed by atoms with van der Waals surface area (Å²) in [5.41, 5.74) is 5.58. The first-order valence-corrected chi connectivity index (χ1v) is 8.56. The maximum absolute atomic E-state index is 4.96. The van der Waals surface area contributed by atoms with Crippen LogP contribution in [0.2, 0.25) is 0 Å². The van der Waals surface area contributed by atoms with E-state index in [0.29, 0.717) is 0 Å². The Kier molecular flexibility index (Phi) is 5.26. The van der Waals surface area contributed by atoms with Gasteiger partial charge in [0.25, 0.3) is 0 Å². The van der Waals surface area contributed by atoms with Crippen LogP contribution in [0.25, 0.3) is 22.8 Å². The zero-order valence-corrected chi connectivity index (χ0v) is 14.2. The van der Waals surface area contributed by atoms with Gasteiger partial charge in [-0.05, 0) is 37.1 Å². The van der Waals surface area contributed by atoms with Crippen LogP contribution in [0.4, 0.5) is 0 Å². The van der Waals surface area contributed by atoms with Gasteiger partial charge in [-0.1, -0.05) is 38.8 Å². The van der Waals surface area contributed by atoms with Gasteiger partial charge in [0.15, 0.2) is 0 Å². The molecule has 0 bridgehead atoms. The van der Waals surface area contributed by atoms with E-state index in [0.717, 1.165) is 59.8 Å². The van der Waals surface area contributed by atoms with E-state index in [9.17, 15) is 0 Å². The van der Waals surface area contributed by atoms with Gasteiger partial charge in [-0.15, -0.1) is 0 Å². The van der Waals surface area contributed by atoms with Crippen LogP contribution >= 0.6 is 0 Å². The molecule has 0 aromatic carbocycles. The molecule has 24 heavy (non-hydrogen) atoms. The average Bonchev–Trinajstić information content (AvgIpc) is 2.64. The quantitative estimate of drug-likeness (QED) is 0.671. The predicted molar refractivity (Wildman–Crippen MR) is 96.5 cm³/mol. The maximum atomic E-state index is 4.96. The highest BCUT2D eigenvalue weighted by Crippen LogP contribution is 2.26. The molecule has 3 aromatic rings. The van der Waals surface area contributed by atoms with E-state index >= 15 is 0 Å². The van der Waals surface area contributed by atoms with Gasteiger partial charge in [-0.2, -0.15) is 0 Å². The SMILES string of the molecule is CCCc1nc(-c2ccccn2)c(CCC)nc1-c1ccccn1. The lowest BCUT2D eigenvalue weighted by molar-refractivity contribution is 0.834. The van der Waals surface area contributed by atoms with Crippen molar-refractivity contribution < 1.29 is 0 Å². The molecule has 3 aromatic heterocycles. The Hall–Kier alpha value is -2.62. The minimum atomic E-state index is 0.880. The van der Waals surface area contributed by atoms with Crippen molar-refractivity contribution >= 4 is 0 Å². The Labute approximate surface area is 143 Å². The lowest BCUT2D eigenvalue weighted by atomic mass is 10.1. The van der Waals surface area contributed by atoms with Crippen molar-refractivity contribution in [2.45, 2.75) is 39.5 Å². The summed E-state index contributed by atoms with van der Waals surface area (Å²) in [6.07, 6.45) is 7.40. The summed E-state index contributed by atoms with van der Waals surface area (Å²) in [5, 5.41) is 0. The molecule has 4 nitrogen and oxygen atoms in total. The molecule has 0 fully saturated rings. The second-order valence-corrected chi connectivity index (χ2v) is 5.74. The monoisotopic (exact) mass is 318 g/mol. The smallest absolute Gasteiger partial charge is 0.110 e. The highest BCUT2D eigenvalue weighted by molar-refractivity contribution is 5.64. The fourth-order valence-corrected chi connectivity index (χ4v) is 2.74. The van der Waals surface area contributed by atoms with E-state index in [-0.39, 0.29) is 0 Å². The summed E-state index contributed by atoms with van der Waals surface area (Å²) in [6.45, 7) is 4.31. The van der Waals surface area contributed by atoms with Crippen LogP contribution in [-0.2, 0) is 12.8 Å². The normalized spacial score (nSPS) is 10.8. The molecule has 0 aliphatic carbocycles. The molecule has 0 N–H and O–H groups in total. The molecule has 0 spiro atoms. The summed E-state index contributed by atoms with van der Waals surface area (Å²) in [7, 11) is 0. The molecular formula is C20H22N4. The van der Waals surface area contributed by atoms with Crippen molar-refractivity contribution in [1.29, 1.82) is 0 Å². The third-order valence-electron chi connectivity index (χ3n) is 3.83. The minimum Gasteiger partial charge on any atom is -0.255 e. The number of rotatable bonds is 6. The fraction of sp³-hybridized carbons (Fsp3) is 0.300. The van der Waals surface area contributed by atoms with Gasteiger partial charge in [0, 0.05) is 12.4 Å². The number of hydrogen-bond donors (Lipinski definition) is 0. The number of aromatic nitrogens is 4. The topological polar surface area (TPSA) is 51.6 Å². The van der Waals surface area contributed by atoms with Crippen LogP contribution in [0.15, 0.2) is 48.8 Å². The van der Waals surface area contributed by atoms with Crippen molar-refractivity contribution in [1.82, 2.24) is 19.9 Å². The van der Waals surface area contributed by atoms with Gasteiger partial charge in [-0.3, -0.25) is 9.97 Å². The second-order valence-electron chi connectivity index (χ2n) is 5.74. The van der Waals surface area contributed by atoms with Gasteiger partial charge in [0.1, 0.15) is 11.4 Å². The zero-order valence-electron chi connectivity index (χ0n) is 14.2. The van der Waals surface area contributed by atoms with Crippen molar-refractivity contribution in [2.24, 2.45) is 0 Å². The van der Waals surface area contributed by atoms with Gasteiger partial charge in [-0.25, -0.2) is 9.97 Å². The van der Waals surface area contributed by atoms with Crippen LogP contribution in [0, 0.1) is 0 Å². The summed E-state index contributed by atoms with van der Waals surface area (Å²) >= 11 is 0. The molecule has 0 unspecified atom stereocenters. The molecule has 0 radical (unpaired) electrons. The van der Waals surface area contributed by atoms with E-state index in [2.05, 4.69) is 23.8 Å². The summed E-state index contributed by atoms with van der Waals surface area (Å²) in [4.78, 5) is 18.9. The van der Waals surface area contributed by atoms with Crippen LogP contribution in [0.1, 0.15) is 38.1 Å². The first kappa shape index (κ1) is 16.2. The molecule has 3 rings (SSSR count). The van der Waals surface area contributed by atoms with Crippen LogP contribution < -0.4 is 0 Å². The van der Waals surface area contributed by atoms with Crippen molar-refractivity contribution in [3.05, 3.63) is 60.2 Å². The van der Waals surface area contributed by atoms with Crippen molar-refractivity contribution in [3.8, 4) is 22.8 Å².